The molecule has 31 heavy (non-hydrogen) atoms. The lowest BCUT2D eigenvalue weighted by molar-refractivity contribution is 0.131. The Hall–Kier alpha value is -2.33. The van der Waals surface area contributed by atoms with Gasteiger partial charge in [-0.1, -0.05) is 30.0 Å². The molecule has 0 bridgehead atoms. The minimum absolute atomic E-state index is 0.0502. The Bertz CT molecular complexity index is 1110. The van der Waals surface area contributed by atoms with Crippen LogP contribution in [0.25, 0.3) is 11.2 Å². The number of rotatable bonds is 7. The molecule has 2 aliphatic carbocycles. The summed E-state index contributed by atoms with van der Waals surface area (Å²) in [7, 11) is 0. The van der Waals surface area contributed by atoms with E-state index in [2.05, 4.69) is 32.5 Å². The van der Waals surface area contributed by atoms with Crippen molar-refractivity contribution < 1.29 is 13.9 Å². The number of aliphatic hydroxyl groups is 1. The number of nitrogens with one attached hydrogen (secondary N) is 1. The Kier molecular flexibility index (Phi) is 5.51. The number of hydrogen-bond acceptors (Lipinski definition) is 7. The van der Waals surface area contributed by atoms with Gasteiger partial charge in [0, 0.05) is 17.7 Å². The molecule has 2 heterocycles. The number of fused-ring (bicyclic) bond motifs is 1. The average Bonchev–Trinajstić information content (AvgIpc) is 3.18. The average molecular weight is 447 g/mol. The predicted octanol–water partition coefficient (Wildman–Crippen LogP) is 4.06. The van der Waals surface area contributed by atoms with Gasteiger partial charge in [0.05, 0.1) is 12.1 Å². The van der Waals surface area contributed by atoms with Crippen LogP contribution in [-0.4, -0.2) is 48.0 Å². The molecule has 0 radical (unpaired) electrons. The highest BCUT2D eigenvalue weighted by molar-refractivity contribution is 7.99. The zero-order chi connectivity index (χ0) is 21.5. The molecule has 7 nitrogen and oxygen atoms in total. The third kappa shape index (κ3) is 3.98. The van der Waals surface area contributed by atoms with Gasteiger partial charge < -0.3 is 10.4 Å². The number of thioether (sulfide) groups is 1. The van der Waals surface area contributed by atoms with Crippen LogP contribution in [0.2, 0.25) is 0 Å². The summed E-state index contributed by atoms with van der Waals surface area (Å²) in [5.74, 6) is -0.103. The lowest BCUT2D eigenvalue weighted by Crippen LogP contribution is -2.20. The van der Waals surface area contributed by atoms with Crippen LogP contribution in [0, 0.1) is 11.6 Å². The Morgan fingerprint density at radius 1 is 1.23 bits per heavy atom. The van der Waals surface area contributed by atoms with E-state index in [-0.39, 0.29) is 18.0 Å². The van der Waals surface area contributed by atoms with Crippen molar-refractivity contribution in [2.75, 3.05) is 11.1 Å². The van der Waals surface area contributed by atoms with Gasteiger partial charge >= 0.3 is 0 Å². The zero-order valence-corrected chi connectivity index (χ0v) is 17.9. The minimum Gasteiger partial charge on any atom is -0.391 e. The largest absolute Gasteiger partial charge is 0.391 e. The normalized spacial score (nSPS) is 25.3. The highest BCUT2D eigenvalue weighted by Crippen LogP contribution is 2.44. The van der Waals surface area contributed by atoms with Crippen molar-refractivity contribution in [3.8, 4) is 0 Å². The summed E-state index contributed by atoms with van der Waals surface area (Å²) in [4.78, 5) is 9.35. The van der Waals surface area contributed by atoms with Crippen molar-refractivity contribution in [1.29, 1.82) is 0 Å². The third-order valence-corrected chi connectivity index (χ3v) is 7.03. The fraction of sp³-hybridized carbons (Fsp3) is 0.524. The Balaban J connectivity index is 1.44. The summed E-state index contributed by atoms with van der Waals surface area (Å²) < 4.78 is 28.6. The molecule has 164 valence electrons. The molecule has 4 atom stereocenters. The van der Waals surface area contributed by atoms with Crippen molar-refractivity contribution in [2.24, 2.45) is 0 Å². The number of hydrogen-bond donors (Lipinski definition) is 2. The van der Waals surface area contributed by atoms with Crippen molar-refractivity contribution in [2.45, 2.75) is 68.3 Å². The first kappa shape index (κ1) is 20.6. The summed E-state index contributed by atoms with van der Waals surface area (Å²) in [6, 6.07) is 3.97. The van der Waals surface area contributed by atoms with E-state index >= 15 is 0 Å². The summed E-state index contributed by atoms with van der Waals surface area (Å²) in [5.41, 5.74) is 1.95. The standard InChI is InChI=1S/C21H24F2N6OS/c1-2-8-31-21-25-19(24-15-10-12(15)11-6-7-13(22)14(23)9-11)18-20(26-21)29(28-27-18)16-4-3-5-17(16)30/h6-7,9,12,15-17,30H,2-5,8,10H2,1H3,(H,24,25,26)/t12?,15?,16-,17-/m1/s1. The number of anilines is 1. The molecule has 2 N–H and O–H groups in total. The maximum atomic E-state index is 13.6. The summed E-state index contributed by atoms with van der Waals surface area (Å²) in [6.07, 6.45) is 3.86. The zero-order valence-electron chi connectivity index (χ0n) is 17.1. The van der Waals surface area contributed by atoms with Gasteiger partial charge in [-0.15, -0.1) is 5.10 Å². The van der Waals surface area contributed by atoms with E-state index in [1.54, 1.807) is 22.5 Å². The van der Waals surface area contributed by atoms with Crippen LogP contribution in [0.15, 0.2) is 23.4 Å². The van der Waals surface area contributed by atoms with E-state index in [1.807, 2.05) is 0 Å². The summed E-state index contributed by atoms with van der Waals surface area (Å²) >= 11 is 1.57. The van der Waals surface area contributed by atoms with Crippen LogP contribution in [0.3, 0.4) is 0 Å². The molecular weight excluding hydrogens is 422 g/mol. The van der Waals surface area contributed by atoms with Crippen LogP contribution in [-0.2, 0) is 0 Å². The molecular formula is C21H24F2N6OS. The Morgan fingerprint density at radius 3 is 2.84 bits per heavy atom. The molecule has 2 saturated carbocycles. The third-order valence-electron chi connectivity index (χ3n) is 5.98. The monoisotopic (exact) mass is 446 g/mol. The molecule has 2 fully saturated rings. The highest BCUT2D eigenvalue weighted by Gasteiger charge is 2.40. The van der Waals surface area contributed by atoms with Crippen LogP contribution in [0.5, 0.6) is 0 Å². The number of nitrogens with zero attached hydrogens (tertiary/aromatic N) is 5. The molecule has 2 aliphatic rings. The molecule has 1 aromatic carbocycles. The van der Waals surface area contributed by atoms with Crippen LogP contribution >= 0.6 is 11.8 Å². The SMILES string of the molecule is CCCSc1nc(NC2CC2c2ccc(F)c(F)c2)c2nnn([C@@H]3CCC[C@H]3O)c2n1. The number of halogens is 2. The first-order valence-electron chi connectivity index (χ1n) is 10.7. The van der Waals surface area contributed by atoms with Gasteiger partial charge in [-0.2, -0.15) is 0 Å². The minimum atomic E-state index is -0.838. The fourth-order valence-electron chi connectivity index (χ4n) is 4.24. The van der Waals surface area contributed by atoms with Gasteiger partial charge in [-0.05, 0) is 49.8 Å². The lowest BCUT2D eigenvalue weighted by atomic mass is 10.1. The molecule has 2 unspecified atom stereocenters. The van der Waals surface area contributed by atoms with E-state index in [1.165, 1.54) is 12.1 Å². The van der Waals surface area contributed by atoms with Crippen molar-refractivity contribution >= 4 is 28.7 Å². The fourth-order valence-corrected chi connectivity index (χ4v) is 4.93. The molecule has 5 rings (SSSR count). The highest BCUT2D eigenvalue weighted by atomic mass is 32.2. The van der Waals surface area contributed by atoms with E-state index in [0.29, 0.717) is 22.1 Å². The topological polar surface area (TPSA) is 88.8 Å². The first-order valence-corrected chi connectivity index (χ1v) is 11.7. The molecule has 10 heteroatoms. The van der Waals surface area contributed by atoms with Crippen LogP contribution < -0.4 is 5.32 Å². The van der Waals surface area contributed by atoms with Crippen LogP contribution in [0.4, 0.5) is 14.6 Å². The van der Waals surface area contributed by atoms with Crippen molar-refractivity contribution in [3.63, 3.8) is 0 Å². The second-order valence-corrected chi connectivity index (χ2v) is 9.30. The van der Waals surface area contributed by atoms with E-state index in [4.69, 9.17) is 0 Å². The Labute approximate surface area is 182 Å². The Morgan fingerprint density at radius 2 is 2.10 bits per heavy atom. The maximum absolute atomic E-state index is 13.6. The molecule has 2 aromatic heterocycles. The van der Waals surface area contributed by atoms with Crippen LogP contribution in [0.1, 0.15) is 56.6 Å². The quantitative estimate of drug-likeness (QED) is 0.418. The molecule has 0 amide bonds. The van der Waals surface area contributed by atoms with E-state index in [9.17, 15) is 13.9 Å². The van der Waals surface area contributed by atoms with Crippen molar-refractivity contribution in [1.82, 2.24) is 25.0 Å². The molecule has 0 aliphatic heterocycles. The number of aliphatic hydroxyl groups excluding tert-OH is 1. The summed E-state index contributed by atoms with van der Waals surface area (Å²) in [6.45, 7) is 2.10. The van der Waals surface area contributed by atoms with E-state index in [0.717, 1.165) is 43.4 Å². The second-order valence-electron chi connectivity index (χ2n) is 8.24. The number of benzene rings is 1. The first-order chi connectivity index (χ1) is 15.0. The van der Waals surface area contributed by atoms with Gasteiger partial charge in [0.25, 0.3) is 0 Å². The smallest absolute Gasteiger partial charge is 0.191 e. The second kappa shape index (κ2) is 8.31. The van der Waals surface area contributed by atoms with Crippen molar-refractivity contribution in [3.05, 3.63) is 35.4 Å². The maximum Gasteiger partial charge on any atom is 0.191 e. The number of aromatic nitrogens is 5. The molecule has 0 saturated heterocycles. The van der Waals surface area contributed by atoms with Gasteiger partial charge in [-0.25, -0.2) is 23.4 Å². The molecule has 3 aromatic rings. The molecule has 0 spiro atoms. The predicted molar refractivity (Wildman–Crippen MR) is 114 cm³/mol. The van der Waals surface area contributed by atoms with Gasteiger partial charge in [0.2, 0.25) is 0 Å². The van der Waals surface area contributed by atoms with E-state index < -0.39 is 17.7 Å². The van der Waals surface area contributed by atoms with Gasteiger partial charge in [0.15, 0.2) is 33.8 Å². The summed E-state index contributed by atoms with van der Waals surface area (Å²) in [5, 5.41) is 23.0. The van der Waals surface area contributed by atoms with Gasteiger partial charge in [-0.3, -0.25) is 0 Å². The lowest BCUT2D eigenvalue weighted by Gasteiger charge is -2.15. The van der Waals surface area contributed by atoms with Gasteiger partial charge in [0.1, 0.15) is 0 Å².